The number of hydrogen-bond acceptors (Lipinski definition) is 2. The van der Waals surface area contributed by atoms with Crippen molar-refractivity contribution in [1.82, 2.24) is 4.98 Å². The molecule has 43 heavy (non-hydrogen) atoms. The number of allylic oxidation sites excluding steroid dienone is 1. The minimum absolute atomic E-state index is 0.399. The summed E-state index contributed by atoms with van der Waals surface area (Å²) >= 11 is 0. The fourth-order valence-corrected chi connectivity index (χ4v) is 9.58. The first-order valence-corrected chi connectivity index (χ1v) is 16.6. The van der Waals surface area contributed by atoms with Crippen LogP contribution in [0.5, 0.6) is 0 Å². The summed E-state index contributed by atoms with van der Waals surface area (Å²) < 4.78 is 15.0. The van der Waals surface area contributed by atoms with Crippen LogP contribution in [0, 0.1) is 0 Å². The van der Waals surface area contributed by atoms with Crippen molar-refractivity contribution in [3.63, 3.8) is 0 Å². The van der Waals surface area contributed by atoms with Gasteiger partial charge in [-0.1, -0.05) is 146 Å². The summed E-state index contributed by atoms with van der Waals surface area (Å²) in [6.07, 6.45) is 5.65. The van der Waals surface area contributed by atoms with Crippen LogP contribution in [0.4, 0.5) is 0 Å². The zero-order valence-electron chi connectivity index (χ0n) is 23.9. The predicted molar refractivity (Wildman–Crippen MR) is 184 cm³/mol. The minimum Gasteiger partial charge on any atom is -0.309 e. The molecule has 1 heterocycles. The summed E-state index contributed by atoms with van der Waals surface area (Å²) in [5.41, 5.74) is 5.72. The van der Waals surface area contributed by atoms with E-state index in [2.05, 4.69) is 79.7 Å². The molecule has 0 amide bonds. The maximum Gasteiger partial charge on any atom is 0.171 e. The summed E-state index contributed by atoms with van der Waals surface area (Å²) in [6.45, 7) is 2.34. The smallest absolute Gasteiger partial charge is 0.171 e. The molecule has 0 fully saturated rings. The summed E-state index contributed by atoms with van der Waals surface area (Å²) in [4.78, 5) is 5.32. The lowest BCUT2D eigenvalue weighted by atomic mass is 9.80. The van der Waals surface area contributed by atoms with Crippen molar-refractivity contribution in [2.24, 2.45) is 0 Å². The molecule has 2 nitrogen and oxygen atoms in total. The lowest BCUT2D eigenvalue weighted by molar-refractivity contribution is 0.592. The van der Waals surface area contributed by atoms with Crippen molar-refractivity contribution in [3.8, 4) is 11.3 Å². The van der Waals surface area contributed by atoms with Gasteiger partial charge in [-0.05, 0) is 45.7 Å². The number of benzene rings is 6. The van der Waals surface area contributed by atoms with E-state index in [1.807, 2.05) is 72.8 Å². The minimum atomic E-state index is -3.07. The van der Waals surface area contributed by atoms with Crippen molar-refractivity contribution < 1.29 is 4.57 Å². The average molecular weight is 572 g/mol. The molecule has 1 unspecified atom stereocenters. The van der Waals surface area contributed by atoms with Crippen LogP contribution in [0.25, 0.3) is 49.8 Å². The largest absolute Gasteiger partial charge is 0.309 e. The van der Waals surface area contributed by atoms with Crippen molar-refractivity contribution in [3.05, 3.63) is 151 Å². The molecule has 1 aromatic heterocycles. The predicted octanol–water partition coefficient (Wildman–Crippen LogP) is 9.37. The van der Waals surface area contributed by atoms with Gasteiger partial charge in [-0.25, -0.2) is 4.98 Å². The maximum atomic E-state index is 15.0. The third-order valence-corrected chi connectivity index (χ3v) is 12.0. The van der Waals surface area contributed by atoms with Crippen LogP contribution in [-0.2, 0) is 4.57 Å². The molecule has 206 valence electrons. The van der Waals surface area contributed by atoms with Crippen LogP contribution < -0.4 is 15.9 Å². The molecule has 1 atom stereocenters. The molecule has 1 aliphatic rings. The van der Waals surface area contributed by atoms with Gasteiger partial charge in [0.25, 0.3) is 0 Å². The van der Waals surface area contributed by atoms with E-state index in [4.69, 9.17) is 4.98 Å². The highest BCUT2D eigenvalue weighted by Crippen LogP contribution is 2.47. The maximum absolute atomic E-state index is 15.0. The van der Waals surface area contributed by atoms with Crippen LogP contribution in [0.2, 0.25) is 0 Å². The fraction of sp³-hybridized carbons (Fsp3) is 0.0750. The molecule has 0 saturated carbocycles. The number of aromatic nitrogens is 1. The standard InChI is InChI=1S/C40H30NOP/c1-27-13-12-21-33-32-18-8-9-19-34(32)39-38(37(27)33)35-20-10-11-22-36(35)41-40(39)28-23-25-31(26-24-28)43(42,29-14-4-2-5-15-29)30-16-6-3-7-17-30/h2-12,14-27H,13H2,1H3. The third kappa shape index (κ3) is 4.02. The molecular weight excluding hydrogens is 541 g/mol. The van der Waals surface area contributed by atoms with Gasteiger partial charge in [0, 0.05) is 32.2 Å². The Bertz CT molecular complexity index is 2190. The van der Waals surface area contributed by atoms with Crippen LogP contribution in [0.1, 0.15) is 30.4 Å². The van der Waals surface area contributed by atoms with Crippen molar-refractivity contribution in [1.29, 1.82) is 0 Å². The first kappa shape index (κ1) is 25.9. The average Bonchev–Trinajstić information content (AvgIpc) is 3.08. The van der Waals surface area contributed by atoms with Gasteiger partial charge in [0.15, 0.2) is 7.14 Å². The highest BCUT2D eigenvalue weighted by molar-refractivity contribution is 7.85. The Morgan fingerprint density at radius 2 is 1.16 bits per heavy atom. The highest BCUT2D eigenvalue weighted by atomic mass is 31.2. The zero-order valence-corrected chi connectivity index (χ0v) is 24.8. The second-order valence-corrected chi connectivity index (χ2v) is 14.2. The number of nitrogens with zero attached hydrogens (tertiary/aromatic N) is 1. The van der Waals surface area contributed by atoms with Gasteiger partial charge >= 0.3 is 0 Å². The van der Waals surface area contributed by atoms with Gasteiger partial charge < -0.3 is 4.57 Å². The number of hydrogen-bond donors (Lipinski definition) is 0. The molecule has 0 bridgehead atoms. The van der Waals surface area contributed by atoms with E-state index in [9.17, 15) is 0 Å². The van der Waals surface area contributed by atoms with E-state index in [-0.39, 0.29) is 0 Å². The Labute approximate surface area is 251 Å². The second kappa shape index (κ2) is 10.2. The Hall–Kier alpha value is -4.78. The van der Waals surface area contributed by atoms with Crippen LogP contribution in [-0.4, -0.2) is 4.98 Å². The molecule has 0 spiro atoms. The summed E-state index contributed by atoms with van der Waals surface area (Å²) in [5, 5.41) is 8.66. The van der Waals surface area contributed by atoms with Gasteiger partial charge in [0.2, 0.25) is 0 Å². The Morgan fingerprint density at radius 3 is 1.84 bits per heavy atom. The SMILES string of the molecule is CC1CC=Cc2c1c1c3ccccc3nc(-c3ccc(P(=O)(c4ccccc4)c4ccccc4)cc3)c1c1ccccc21. The number of pyridine rings is 1. The lowest BCUT2D eigenvalue weighted by Crippen LogP contribution is -2.24. The molecule has 0 aliphatic heterocycles. The molecular formula is C40H30NOP. The van der Waals surface area contributed by atoms with Crippen molar-refractivity contribution >= 4 is 61.6 Å². The van der Waals surface area contributed by atoms with Crippen molar-refractivity contribution in [2.75, 3.05) is 0 Å². The van der Waals surface area contributed by atoms with Crippen LogP contribution >= 0.6 is 7.14 Å². The first-order chi connectivity index (χ1) is 21.1. The molecule has 3 heteroatoms. The van der Waals surface area contributed by atoms with Gasteiger partial charge in [-0.2, -0.15) is 0 Å². The molecule has 7 aromatic rings. The first-order valence-electron chi connectivity index (χ1n) is 14.9. The van der Waals surface area contributed by atoms with E-state index in [0.29, 0.717) is 5.92 Å². The van der Waals surface area contributed by atoms with E-state index in [1.165, 1.54) is 38.1 Å². The molecule has 6 aromatic carbocycles. The van der Waals surface area contributed by atoms with Gasteiger partial charge in [-0.3, -0.25) is 0 Å². The van der Waals surface area contributed by atoms with E-state index >= 15 is 4.57 Å². The van der Waals surface area contributed by atoms with E-state index < -0.39 is 7.14 Å². The normalized spacial score (nSPS) is 14.8. The lowest BCUT2D eigenvalue weighted by Gasteiger charge is -2.25. The topological polar surface area (TPSA) is 30.0 Å². The van der Waals surface area contributed by atoms with E-state index in [0.717, 1.165) is 39.1 Å². The van der Waals surface area contributed by atoms with Gasteiger partial charge in [-0.15, -0.1) is 0 Å². The molecule has 0 N–H and O–H groups in total. The highest BCUT2D eigenvalue weighted by Gasteiger charge is 2.30. The number of para-hydroxylation sites is 1. The number of rotatable bonds is 4. The summed E-state index contributed by atoms with van der Waals surface area (Å²) in [6, 6.07) is 45.3. The molecule has 8 rings (SSSR count). The monoisotopic (exact) mass is 571 g/mol. The fourth-order valence-electron chi connectivity index (χ4n) is 6.93. The van der Waals surface area contributed by atoms with Crippen LogP contribution in [0.15, 0.2) is 140 Å². The Balaban J connectivity index is 1.42. The Kier molecular flexibility index (Phi) is 6.14. The van der Waals surface area contributed by atoms with E-state index in [1.54, 1.807) is 0 Å². The zero-order chi connectivity index (χ0) is 29.0. The summed E-state index contributed by atoms with van der Waals surface area (Å²) in [5.74, 6) is 0.399. The molecule has 1 aliphatic carbocycles. The third-order valence-electron chi connectivity index (χ3n) is 8.95. The second-order valence-electron chi connectivity index (χ2n) is 11.5. The molecule has 0 radical (unpaired) electrons. The van der Waals surface area contributed by atoms with Crippen LogP contribution in [0.3, 0.4) is 0 Å². The van der Waals surface area contributed by atoms with Gasteiger partial charge in [0.05, 0.1) is 11.2 Å². The quantitative estimate of drug-likeness (QED) is 0.156. The number of fused-ring (bicyclic) bond motifs is 8. The molecule has 0 saturated heterocycles. The Morgan fingerprint density at radius 1 is 0.605 bits per heavy atom. The summed E-state index contributed by atoms with van der Waals surface area (Å²) in [7, 11) is -3.07. The van der Waals surface area contributed by atoms with Gasteiger partial charge in [0.1, 0.15) is 0 Å². The van der Waals surface area contributed by atoms with Crippen molar-refractivity contribution in [2.45, 2.75) is 19.3 Å².